The van der Waals surface area contributed by atoms with E-state index in [9.17, 15) is 9.59 Å². The first kappa shape index (κ1) is 17.9. The van der Waals surface area contributed by atoms with Gasteiger partial charge in [-0.25, -0.2) is 14.8 Å². The number of para-hydroxylation sites is 1. The second-order valence-electron chi connectivity index (χ2n) is 6.04. The maximum Gasteiger partial charge on any atom is 0.341 e. The zero-order valence-corrected chi connectivity index (χ0v) is 15.3. The minimum atomic E-state index is -0.503. The number of hydrogen-bond acceptors (Lipinski definition) is 5. The van der Waals surface area contributed by atoms with Crippen LogP contribution >= 0.6 is 11.6 Å². The Kier molecular flexibility index (Phi) is 4.87. The third-order valence-electron chi connectivity index (χ3n) is 4.14. The highest BCUT2D eigenvalue weighted by Crippen LogP contribution is 2.19. The molecular formula is C21H14ClN3O3. The highest BCUT2D eigenvalue weighted by molar-refractivity contribution is 6.33. The van der Waals surface area contributed by atoms with Crippen LogP contribution in [0.2, 0.25) is 5.02 Å². The van der Waals surface area contributed by atoms with Gasteiger partial charge in [0.15, 0.2) is 11.5 Å². The van der Waals surface area contributed by atoms with Crippen molar-refractivity contribution in [2.45, 2.75) is 6.54 Å². The van der Waals surface area contributed by atoms with Crippen molar-refractivity contribution in [3.8, 4) is 11.4 Å². The van der Waals surface area contributed by atoms with E-state index in [4.69, 9.17) is 16.0 Å². The van der Waals surface area contributed by atoms with Crippen LogP contribution in [-0.2, 0) is 6.54 Å². The minimum Gasteiger partial charge on any atom is -0.422 e. The van der Waals surface area contributed by atoms with Crippen LogP contribution in [0.25, 0.3) is 22.4 Å². The number of rotatable bonds is 4. The Hall–Kier alpha value is -3.51. The lowest BCUT2D eigenvalue weighted by atomic mass is 10.2. The number of nitrogens with one attached hydrogen (secondary N) is 1. The topological polar surface area (TPSA) is 85.1 Å². The minimum absolute atomic E-state index is 0.00694. The molecule has 4 aromatic rings. The normalized spacial score (nSPS) is 10.8. The van der Waals surface area contributed by atoms with E-state index in [1.165, 1.54) is 6.20 Å². The fourth-order valence-corrected chi connectivity index (χ4v) is 2.92. The molecule has 6 nitrogen and oxygen atoms in total. The van der Waals surface area contributed by atoms with Gasteiger partial charge in [-0.2, -0.15) is 0 Å². The average molecular weight is 392 g/mol. The maximum atomic E-state index is 12.6. The molecule has 0 atom stereocenters. The molecule has 138 valence electrons. The largest absolute Gasteiger partial charge is 0.422 e. The van der Waals surface area contributed by atoms with Gasteiger partial charge in [-0.15, -0.1) is 0 Å². The quantitative estimate of drug-likeness (QED) is 0.534. The summed E-state index contributed by atoms with van der Waals surface area (Å²) in [5.41, 5.74) is 1.14. The molecule has 0 unspecified atom stereocenters. The molecule has 0 aliphatic heterocycles. The van der Waals surface area contributed by atoms with Crippen LogP contribution in [0.3, 0.4) is 0 Å². The molecule has 0 bridgehead atoms. The Morgan fingerprint density at radius 3 is 2.64 bits per heavy atom. The van der Waals surface area contributed by atoms with E-state index in [1.807, 2.05) is 42.5 Å². The molecule has 1 N–H and O–H groups in total. The number of nitrogens with zero attached hydrogens (tertiary/aromatic N) is 2. The third-order valence-corrected chi connectivity index (χ3v) is 4.42. The lowest BCUT2D eigenvalue weighted by Crippen LogP contribution is -2.27. The van der Waals surface area contributed by atoms with Crippen molar-refractivity contribution >= 4 is 28.5 Å². The number of halogens is 1. The monoisotopic (exact) mass is 391 g/mol. The van der Waals surface area contributed by atoms with Crippen LogP contribution in [-0.4, -0.2) is 15.9 Å². The molecule has 1 amide bonds. The van der Waals surface area contributed by atoms with Crippen molar-refractivity contribution in [3.63, 3.8) is 0 Å². The first-order valence-electron chi connectivity index (χ1n) is 8.50. The van der Waals surface area contributed by atoms with Gasteiger partial charge in [0, 0.05) is 10.9 Å². The summed E-state index contributed by atoms with van der Waals surface area (Å²) in [6.07, 6.45) is 1.39. The fourth-order valence-electron chi connectivity index (χ4n) is 2.74. The van der Waals surface area contributed by atoms with Crippen molar-refractivity contribution < 1.29 is 9.21 Å². The zero-order valence-electron chi connectivity index (χ0n) is 14.6. The molecule has 0 radical (unpaired) electrons. The summed E-state index contributed by atoms with van der Waals surface area (Å²) in [5.74, 6) is -0.113. The van der Waals surface area contributed by atoms with E-state index in [0.29, 0.717) is 17.0 Å². The number of aromatic nitrogens is 2. The summed E-state index contributed by atoms with van der Waals surface area (Å²) in [5, 5.41) is 3.57. The first-order valence-corrected chi connectivity index (χ1v) is 8.87. The van der Waals surface area contributed by atoms with Crippen LogP contribution in [0, 0.1) is 0 Å². The number of carbonyl (C=O) groups is 1. The van der Waals surface area contributed by atoms with Crippen LogP contribution in [0.1, 0.15) is 16.1 Å². The number of amides is 1. The summed E-state index contributed by atoms with van der Waals surface area (Å²) in [6.45, 7) is -0.00694. The number of fused-ring (bicyclic) bond motifs is 1. The molecule has 2 heterocycles. The molecule has 0 aliphatic rings. The summed E-state index contributed by atoms with van der Waals surface area (Å²) >= 11 is 6.10. The smallest absolute Gasteiger partial charge is 0.341 e. The van der Waals surface area contributed by atoms with Crippen molar-refractivity contribution in [1.29, 1.82) is 0 Å². The Bertz CT molecular complexity index is 1220. The van der Waals surface area contributed by atoms with Gasteiger partial charge in [0.2, 0.25) is 0 Å². The van der Waals surface area contributed by atoms with Crippen molar-refractivity contribution in [3.05, 3.63) is 93.6 Å². The molecule has 2 aromatic heterocycles. The summed E-state index contributed by atoms with van der Waals surface area (Å²) in [4.78, 5) is 33.1. The standard InChI is InChI=1S/C21H14ClN3O3/c22-16-12-23-19(13-6-2-1-3-7-13)25-18(16)20(26)24-11-15-10-14-8-4-5-9-17(14)28-21(15)27/h1-10,12H,11H2,(H,24,26). The molecule has 28 heavy (non-hydrogen) atoms. The summed E-state index contributed by atoms with van der Waals surface area (Å²) in [7, 11) is 0. The first-order chi connectivity index (χ1) is 13.6. The Morgan fingerprint density at radius 1 is 1.07 bits per heavy atom. The molecule has 4 rings (SSSR count). The van der Waals surface area contributed by atoms with Crippen LogP contribution < -0.4 is 10.9 Å². The van der Waals surface area contributed by atoms with E-state index in [-0.39, 0.29) is 17.3 Å². The van der Waals surface area contributed by atoms with Crippen LogP contribution in [0.4, 0.5) is 0 Å². The van der Waals surface area contributed by atoms with Gasteiger partial charge in [0.05, 0.1) is 23.3 Å². The molecule has 0 aliphatic carbocycles. The molecule has 2 aromatic carbocycles. The molecule has 0 saturated heterocycles. The van der Waals surface area contributed by atoms with E-state index in [1.54, 1.807) is 18.2 Å². The van der Waals surface area contributed by atoms with E-state index < -0.39 is 11.5 Å². The second-order valence-corrected chi connectivity index (χ2v) is 6.44. The SMILES string of the molecule is O=C(NCc1cc2ccccc2oc1=O)c1nc(-c2ccccc2)ncc1Cl. The Balaban J connectivity index is 1.57. The van der Waals surface area contributed by atoms with Gasteiger partial charge >= 0.3 is 5.63 Å². The van der Waals surface area contributed by atoms with Crippen molar-refractivity contribution in [2.24, 2.45) is 0 Å². The summed E-state index contributed by atoms with van der Waals surface area (Å²) < 4.78 is 5.27. The fraction of sp³-hybridized carbons (Fsp3) is 0.0476. The van der Waals surface area contributed by atoms with E-state index >= 15 is 0 Å². The molecular weight excluding hydrogens is 378 g/mol. The van der Waals surface area contributed by atoms with Gasteiger partial charge in [-0.3, -0.25) is 4.79 Å². The van der Waals surface area contributed by atoms with E-state index in [2.05, 4.69) is 15.3 Å². The predicted molar refractivity (Wildman–Crippen MR) is 106 cm³/mol. The van der Waals surface area contributed by atoms with Crippen molar-refractivity contribution in [1.82, 2.24) is 15.3 Å². The molecule has 0 spiro atoms. The highest BCUT2D eigenvalue weighted by Gasteiger charge is 2.16. The molecule has 7 heteroatoms. The van der Waals surface area contributed by atoms with Gasteiger partial charge in [-0.05, 0) is 12.1 Å². The third kappa shape index (κ3) is 3.63. The second kappa shape index (κ2) is 7.62. The predicted octanol–water partition coefficient (Wildman–Crippen LogP) is 3.83. The molecule has 0 saturated carbocycles. The maximum absolute atomic E-state index is 12.6. The summed E-state index contributed by atoms with van der Waals surface area (Å²) in [6, 6.07) is 18.1. The lowest BCUT2D eigenvalue weighted by Gasteiger charge is -2.08. The van der Waals surface area contributed by atoms with E-state index in [0.717, 1.165) is 10.9 Å². The van der Waals surface area contributed by atoms with Crippen molar-refractivity contribution in [2.75, 3.05) is 0 Å². The number of benzene rings is 2. The average Bonchev–Trinajstić information content (AvgIpc) is 2.73. The van der Waals surface area contributed by atoms with Gasteiger partial charge < -0.3 is 9.73 Å². The molecule has 0 fully saturated rings. The Labute approximate surface area is 164 Å². The van der Waals surface area contributed by atoms with Gasteiger partial charge in [0.1, 0.15) is 5.58 Å². The van der Waals surface area contributed by atoms with Crippen LogP contribution in [0.15, 0.2) is 76.1 Å². The van der Waals surface area contributed by atoms with Crippen LogP contribution in [0.5, 0.6) is 0 Å². The highest BCUT2D eigenvalue weighted by atomic mass is 35.5. The zero-order chi connectivity index (χ0) is 19.5. The van der Waals surface area contributed by atoms with Gasteiger partial charge in [-0.1, -0.05) is 60.1 Å². The number of hydrogen-bond donors (Lipinski definition) is 1. The lowest BCUT2D eigenvalue weighted by molar-refractivity contribution is 0.0945. The van der Waals surface area contributed by atoms with Gasteiger partial charge in [0.25, 0.3) is 5.91 Å². The number of carbonyl (C=O) groups excluding carboxylic acids is 1. The Morgan fingerprint density at radius 2 is 1.82 bits per heavy atom.